The number of aryl methyl sites for hydroxylation is 1. The Bertz CT molecular complexity index is 984. The first-order valence-corrected chi connectivity index (χ1v) is 12.4. The monoisotopic (exact) mass is 468 g/mol. The summed E-state index contributed by atoms with van der Waals surface area (Å²) in [6.45, 7) is 2.25. The number of alkyl halides is 3. The summed E-state index contributed by atoms with van der Waals surface area (Å²) in [5.74, 6) is 0. The Morgan fingerprint density at radius 2 is 1.16 bits per heavy atom. The molecule has 3 aromatic rings. The fourth-order valence-corrected chi connectivity index (χ4v) is 5.08. The molecule has 0 aliphatic heterocycles. The van der Waals surface area contributed by atoms with Gasteiger partial charge in [-0.2, -0.15) is 21.6 Å². The Labute approximate surface area is 182 Å². The molecule has 0 bridgehead atoms. The highest BCUT2D eigenvalue weighted by Crippen LogP contribution is 2.32. The molecule has 0 radical (unpaired) electrons. The van der Waals surface area contributed by atoms with Crippen molar-refractivity contribution in [1.29, 1.82) is 0 Å². The largest absolute Gasteiger partial charge is 0.522 e. The molecule has 0 heterocycles. The van der Waals surface area contributed by atoms with Crippen molar-refractivity contribution in [2.24, 2.45) is 0 Å². The van der Waals surface area contributed by atoms with Gasteiger partial charge in [-0.3, -0.25) is 4.55 Å². The number of benzene rings is 3. The number of hydrogen-bond acceptors (Lipinski definition) is 2. The molecule has 0 atom stereocenters. The van der Waals surface area contributed by atoms with Crippen LogP contribution in [-0.4, -0.2) is 18.5 Å². The highest BCUT2D eigenvalue weighted by atomic mass is 32.2. The maximum Gasteiger partial charge on any atom is 0.522 e. The average molecular weight is 468 g/mol. The summed E-state index contributed by atoms with van der Waals surface area (Å²) in [6.07, 6.45) is 3.71. The molecule has 0 amide bonds. The third kappa shape index (κ3) is 7.76. The molecular formula is C23H24F3O3PS. The van der Waals surface area contributed by atoms with Gasteiger partial charge >= 0.3 is 15.6 Å². The lowest BCUT2D eigenvalue weighted by Gasteiger charge is -2.19. The van der Waals surface area contributed by atoms with Crippen molar-refractivity contribution in [1.82, 2.24) is 0 Å². The van der Waals surface area contributed by atoms with Crippen molar-refractivity contribution in [3.05, 3.63) is 90.5 Å². The third-order valence-electron chi connectivity index (χ3n) is 4.33. The number of halogens is 3. The zero-order valence-electron chi connectivity index (χ0n) is 17.0. The summed E-state index contributed by atoms with van der Waals surface area (Å²) in [6, 6.07) is 31.1. The van der Waals surface area contributed by atoms with Gasteiger partial charge in [0, 0.05) is 0 Å². The quantitative estimate of drug-likeness (QED) is 0.308. The van der Waals surface area contributed by atoms with Gasteiger partial charge in [-0.1, -0.05) is 98.3 Å². The number of unbranched alkanes of at least 4 members (excludes halogenated alkanes) is 1. The summed E-state index contributed by atoms with van der Waals surface area (Å²) in [4.78, 5) is 0. The van der Waals surface area contributed by atoms with Gasteiger partial charge in [0.25, 0.3) is 0 Å². The lowest BCUT2D eigenvalue weighted by atomic mass is 10.1. The van der Waals surface area contributed by atoms with Crippen LogP contribution in [-0.2, 0) is 16.5 Å². The Kier molecular flexibility index (Phi) is 9.23. The van der Waals surface area contributed by atoms with Crippen LogP contribution < -0.4 is 15.9 Å². The fraction of sp³-hybridized carbons (Fsp3) is 0.217. The van der Waals surface area contributed by atoms with E-state index in [1.807, 2.05) is 0 Å². The molecule has 3 aromatic carbocycles. The zero-order chi connectivity index (χ0) is 22.9. The van der Waals surface area contributed by atoms with E-state index in [9.17, 15) is 13.2 Å². The maximum absolute atomic E-state index is 10.7. The lowest BCUT2D eigenvalue weighted by Crippen LogP contribution is -2.21. The minimum Gasteiger partial charge on any atom is -0.279 e. The smallest absolute Gasteiger partial charge is 0.279 e. The van der Waals surface area contributed by atoms with Gasteiger partial charge in [0.15, 0.2) is 0 Å². The first-order chi connectivity index (χ1) is 14.6. The molecule has 0 unspecified atom stereocenters. The van der Waals surface area contributed by atoms with Crippen molar-refractivity contribution in [2.75, 3.05) is 0 Å². The second kappa shape index (κ2) is 11.4. The van der Waals surface area contributed by atoms with Crippen molar-refractivity contribution in [2.45, 2.75) is 31.7 Å². The predicted molar refractivity (Wildman–Crippen MR) is 121 cm³/mol. The van der Waals surface area contributed by atoms with E-state index >= 15 is 0 Å². The van der Waals surface area contributed by atoms with Crippen LogP contribution >= 0.6 is 7.92 Å². The van der Waals surface area contributed by atoms with E-state index in [1.165, 1.54) is 40.7 Å². The van der Waals surface area contributed by atoms with Crippen LogP contribution in [0.15, 0.2) is 84.9 Å². The van der Waals surface area contributed by atoms with Crippen LogP contribution in [0.1, 0.15) is 25.3 Å². The van der Waals surface area contributed by atoms with E-state index in [4.69, 9.17) is 13.0 Å². The average Bonchev–Trinajstić information content (AvgIpc) is 2.74. The molecule has 31 heavy (non-hydrogen) atoms. The van der Waals surface area contributed by atoms with E-state index < -0.39 is 23.5 Å². The van der Waals surface area contributed by atoms with Gasteiger partial charge in [0.2, 0.25) is 0 Å². The molecule has 0 fully saturated rings. The molecule has 0 aromatic heterocycles. The maximum atomic E-state index is 10.7. The van der Waals surface area contributed by atoms with Gasteiger partial charge in [-0.05, 0) is 42.2 Å². The number of rotatable bonds is 6. The standard InChI is InChI=1S/C22H23P.CHF3O3S/c1-2-3-10-19-15-17-22(18-16-19)23(20-11-6-4-7-12-20)21-13-8-5-9-14-21;2-1(3,4)8(5,6)7/h4-9,11-18H,2-3,10H2,1H3;(H,5,6,7). The van der Waals surface area contributed by atoms with Gasteiger partial charge in [0.05, 0.1) is 0 Å². The summed E-state index contributed by atoms with van der Waals surface area (Å²) in [5.41, 5.74) is -4.08. The Hall–Kier alpha value is -2.21. The SMILES string of the molecule is CCCCc1ccc(P(c2ccccc2)c2ccccc2)cc1.O=S(=O)(O)C(F)(F)F. The Morgan fingerprint density at radius 3 is 1.52 bits per heavy atom. The van der Waals surface area contributed by atoms with Crippen LogP contribution in [0.3, 0.4) is 0 Å². The first kappa shape index (κ1) is 25.1. The summed E-state index contributed by atoms with van der Waals surface area (Å²) < 4.78 is 57.5. The van der Waals surface area contributed by atoms with Crippen LogP contribution in [0.4, 0.5) is 13.2 Å². The van der Waals surface area contributed by atoms with Crippen LogP contribution in [0.25, 0.3) is 0 Å². The molecule has 3 rings (SSSR count). The minimum absolute atomic E-state index is 0.471. The molecule has 166 valence electrons. The number of hydrogen-bond donors (Lipinski definition) is 1. The summed E-state index contributed by atoms with van der Waals surface area (Å²) in [5, 5.41) is 4.25. The Balaban J connectivity index is 0.000000366. The van der Waals surface area contributed by atoms with Crippen molar-refractivity contribution in [3.8, 4) is 0 Å². The van der Waals surface area contributed by atoms with E-state index in [0.29, 0.717) is 0 Å². The molecule has 3 nitrogen and oxygen atoms in total. The van der Waals surface area contributed by atoms with Crippen molar-refractivity contribution < 1.29 is 26.1 Å². The molecule has 0 aliphatic rings. The minimum atomic E-state index is -5.84. The molecule has 0 saturated carbocycles. The molecule has 8 heteroatoms. The predicted octanol–water partition coefficient (Wildman–Crippen LogP) is 5.18. The normalized spacial score (nSPS) is 11.7. The summed E-state index contributed by atoms with van der Waals surface area (Å²) >= 11 is 0. The van der Waals surface area contributed by atoms with Crippen molar-refractivity contribution in [3.63, 3.8) is 0 Å². The van der Waals surface area contributed by atoms with Crippen LogP contribution in [0.2, 0.25) is 0 Å². The highest BCUT2D eigenvalue weighted by molar-refractivity contribution is 7.86. The molecular weight excluding hydrogens is 444 g/mol. The molecule has 0 aliphatic carbocycles. The molecule has 0 spiro atoms. The van der Waals surface area contributed by atoms with Gasteiger partial charge in [-0.15, -0.1) is 0 Å². The van der Waals surface area contributed by atoms with Gasteiger partial charge in [-0.25, -0.2) is 0 Å². The third-order valence-corrected chi connectivity index (χ3v) is 7.36. The highest BCUT2D eigenvalue weighted by Gasteiger charge is 2.44. The molecule has 1 N–H and O–H groups in total. The van der Waals surface area contributed by atoms with Gasteiger partial charge < -0.3 is 0 Å². The van der Waals surface area contributed by atoms with E-state index in [1.54, 1.807) is 0 Å². The second-order valence-electron chi connectivity index (χ2n) is 6.70. The van der Waals surface area contributed by atoms with Crippen molar-refractivity contribution >= 4 is 34.0 Å². The summed E-state index contributed by atoms with van der Waals surface area (Å²) in [7, 11) is -6.31. The van der Waals surface area contributed by atoms with E-state index in [2.05, 4.69) is 91.9 Å². The van der Waals surface area contributed by atoms with Gasteiger partial charge in [0.1, 0.15) is 0 Å². The second-order valence-corrected chi connectivity index (χ2v) is 10.3. The van der Waals surface area contributed by atoms with E-state index in [0.717, 1.165) is 0 Å². The van der Waals surface area contributed by atoms with Crippen LogP contribution in [0, 0.1) is 0 Å². The first-order valence-electron chi connectivity index (χ1n) is 9.66. The lowest BCUT2D eigenvalue weighted by molar-refractivity contribution is -0.0510. The fourth-order valence-electron chi connectivity index (χ4n) is 2.79. The molecule has 0 saturated heterocycles. The van der Waals surface area contributed by atoms with Crippen LogP contribution in [0.5, 0.6) is 0 Å². The van der Waals surface area contributed by atoms with E-state index in [-0.39, 0.29) is 0 Å². The topological polar surface area (TPSA) is 54.4 Å². The Morgan fingerprint density at radius 1 is 0.774 bits per heavy atom. The zero-order valence-corrected chi connectivity index (χ0v) is 18.7.